The Morgan fingerprint density at radius 3 is 2.95 bits per heavy atom. The van der Waals surface area contributed by atoms with Crippen LogP contribution in [0.3, 0.4) is 0 Å². The zero-order valence-corrected chi connectivity index (χ0v) is 12.9. The summed E-state index contributed by atoms with van der Waals surface area (Å²) in [5.41, 5.74) is 3.04. The highest BCUT2D eigenvalue weighted by atomic mass is 15.1. The Morgan fingerprint density at radius 1 is 1.25 bits per heavy atom. The van der Waals surface area contributed by atoms with Crippen molar-refractivity contribution in [2.75, 3.05) is 24.5 Å². The molecule has 0 radical (unpaired) electrons. The van der Waals surface area contributed by atoms with Gasteiger partial charge in [0.25, 0.3) is 0 Å². The SMILES string of the molecule is CCNC1CCCC1CN1CC(C)Cc2ccccc21. The maximum atomic E-state index is 3.69. The van der Waals surface area contributed by atoms with E-state index < -0.39 is 0 Å². The Labute approximate surface area is 123 Å². The van der Waals surface area contributed by atoms with Gasteiger partial charge in [-0.25, -0.2) is 0 Å². The van der Waals surface area contributed by atoms with Crippen molar-refractivity contribution in [2.45, 2.75) is 45.6 Å². The maximum absolute atomic E-state index is 3.69. The fourth-order valence-corrected chi connectivity index (χ4v) is 4.15. The van der Waals surface area contributed by atoms with Gasteiger partial charge in [0.1, 0.15) is 0 Å². The van der Waals surface area contributed by atoms with E-state index in [0.717, 1.165) is 24.4 Å². The summed E-state index contributed by atoms with van der Waals surface area (Å²) >= 11 is 0. The average molecular weight is 272 g/mol. The molecule has 1 aliphatic carbocycles. The predicted octanol–water partition coefficient (Wildman–Crippen LogP) is 3.46. The molecule has 1 aliphatic heterocycles. The van der Waals surface area contributed by atoms with Gasteiger partial charge in [-0.1, -0.05) is 38.5 Å². The van der Waals surface area contributed by atoms with Crippen LogP contribution in [0.25, 0.3) is 0 Å². The predicted molar refractivity (Wildman–Crippen MR) is 86.3 cm³/mol. The van der Waals surface area contributed by atoms with E-state index in [1.165, 1.54) is 44.5 Å². The van der Waals surface area contributed by atoms with Crippen LogP contribution in [0.4, 0.5) is 5.69 Å². The van der Waals surface area contributed by atoms with Crippen LogP contribution in [0.15, 0.2) is 24.3 Å². The monoisotopic (exact) mass is 272 g/mol. The summed E-state index contributed by atoms with van der Waals surface area (Å²) in [5.74, 6) is 1.61. The Kier molecular flexibility index (Phi) is 4.30. The molecule has 2 nitrogen and oxygen atoms in total. The van der Waals surface area contributed by atoms with Crippen molar-refractivity contribution in [1.82, 2.24) is 5.32 Å². The second kappa shape index (κ2) is 6.17. The molecule has 3 rings (SSSR count). The molecule has 0 aromatic heterocycles. The third-order valence-corrected chi connectivity index (χ3v) is 5.01. The minimum atomic E-state index is 0.740. The highest BCUT2D eigenvalue weighted by Gasteiger charge is 2.30. The van der Waals surface area contributed by atoms with E-state index in [1.807, 2.05) is 0 Å². The van der Waals surface area contributed by atoms with E-state index in [2.05, 4.69) is 48.3 Å². The van der Waals surface area contributed by atoms with Gasteiger partial charge in [-0.15, -0.1) is 0 Å². The summed E-state index contributed by atoms with van der Waals surface area (Å²) < 4.78 is 0. The largest absolute Gasteiger partial charge is 0.371 e. The first-order valence-electron chi connectivity index (χ1n) is 8.34. The third kappa shape index (κ3) is 2.85. The first kappa shape index (κ1) is 13.9. The summed E-state index contributed by atoms with van der Waals surface area (Å²) in [6.45, 7) is 8.19. The molecule has 1 heterocycles. The zero-order valence-electron chi connectivity index (χ0n) is 12.9. The minimum Gasteiger partial charge on any atom is -0.371 e. The molecule has 2 aliphatic rings. The molecule has 2 heteroatoms. The lowest BCUT2D eigenvalue weighted by atomic mass is 9.92. The molecular weight excluding hydrogens is 244 g/mol. The quantitative estimate of drug-likeness (QED) is 0.903. The van der Waals surface area contributed by atoms with Gasteiger partial charge >= 0.3 is 0 Å². The van der Waals surface area contributed by atoms with Gasteiger partial charge in [0, 0.05) is 24.8 Å². The number of benzene rings is 1. The number of hydrogen-bond acceptors (Lipinski definition) is 2. The number of nitrogens with zero attached hydrogens (tertiary/aromatic N) is 1. The van der Waals surface area contributed by atoms with E-state index in [9.17, 15) is 0 Å². The normalized spacial score (nSPS) is 29.5. The summed E-state index contributed by atoms with van der Waals surface area (Å²) in [6, 6.07) is 9.75. The number of fused-ring (bicyclic) bond motifs is 1. The van der Waals surface area contributed by atoms with Gasteiger partial charge in [0.05, 0.1) is 0 Å². The lowest BCUT2D eigenvalue weighted by Gasteiger charge is -2.37. The van der Waals surface area contributed by atoms with Crippen molar-refractivity contribution >= 4 is 5.69 Å². The standard InChI is InChI=1S/C18H28N2/c1-3-19-17-9-6-8-16(17)13-20-12-14(2)11-15-7-4-5-10-18(15)20/h4-5,7,10,14,16-17,19H,3,6,8-9,11-13H2,1-2H3. The highest BCUT2D eigenvalue weighted by molar-refractivity contribution is 5.55. The summed E-state index contributed by atoms with van der Waals surface area (Å²) in [7, 11) is 0. The fourth-order valence-electron chi connectivity index (χ4n) is 4.15. The van der Waals surface area contributed by atoms with Gasteiger partial charge < -0.3 is 10.2 Å². The Morgan fingerprint density at radius 2 is 2.10 bits per heavy atom. The summed E-state index contributed by atoms with van der Waals surface area (Å²) in [4.78, 5) is 2.66. The van der Waals surface area contributed by atoms with Crippen molar-refractivity contribution in [3.8, 4) is 0 Å². The molecule has 110 valence electrons. The molecule has 3 unspecified atom stereocenters. The van der Waals surface area contributed by atoms with Crippen LogP contribution in [0.2, 0.25) is 0 Å². The Bertz CT molecular complexity index is 443. The van der Waals surface area contributed by atoms with E-state index in [0.29, 0.717) is 0 Å². The topological polar surface area (TPSA) is 15.3 Å². The molecule has 20 heavy (non-hydrogen) atoms. The van der Waals surface area contributed by atoms with E-state index >= 15 is 0 Å². The van der Waals surface area contributed by atoms with Gasteiger partial charge in [-0.3, -0.25) is 0 Å². The van der Waals surface area contributed by atoms with Crippen molar-refractivity contribution in [1.29, 1.82) is 0 Å². The lowest BCUT2D eigenvalue weighted by Crippen LogP contribution is -2.42. The Balaban J connectivity index is 1.74. The molecule has 1 saturated carbocycles. The molecule has 1 fully saturated rings. The fraction of sp³-hybridized carbons (Fsp3) is 0.667. The molecule has 0 bridgehead atoms. The maximum Gasteiger partial charge on any atom is 0.0399 e. The van der Waals surface area contributed by atoms with E-state index in [4.69, 9.17) is 0 Å². The second-order valence-corrected chi connectivity index (χ2v) is 6.70. The minimum absolute atomic E-state index is 0.740. The number of hydrogen-bond donors (Lipinski definition) is 1. The first-order valence-corrected chi connectivity index (χ1v) is 8.34. The number of rotatable bonds is 4. The van der Waals surface area contributed by atoms with Crippen LogP contribution in [0.1, 0.15) is 38.7 Å². The molecule has 1 aromatic rings. The molecule has 3 atom stereocenters. The van der Waals surface area contributed by atoms with Crippen LogP contribution in [-0.4, -0.2) is 25.7 Å². The summed E-state index contributed by atoms with van der Waals surface area (Å²) in [6.07, 6.45) is 5.40. The van der Waals surface area contributed by atoms with Crippen molar-refractivity contribution < 1.29 is 0 Å². The van der Waals surface area contributed by atoms with Crippen molar-refractivity contribution in [3.05, 3.63) is 29.8 Å². The Hall–Kier alpha value is -1.02. The van der Waals surface area contributed by atoms with Crippen LogP contribution in [-0.2, 0) is 6.42 Å². The molecule has 0 amide bonds. The van der Waals surface area contributed by atoms with Crippen LogP contribution >= 0.6 is 0 Å². The molecule has 1 N–H and O–H groups in total. The molecule has 0 saturated heterocycles. The van der Waals surface area contributed by atoms with Gasteiger partial charge in [-0.05, 0) is 49.3 Å². The first-order chi connectivity index (χ1) is 9.78. The number of anilines is 1. The van der Waals surface area contributed by atoms with Crippen LogP contribution in [0, 0.1) is 11.8 Å². The second-order valence-electron chi connectivity index (χ2n) is 6.70. The van der Waals surface area contributed by atoms with E-state index in [-0.39, 0.29) is 0 Å². The van der Waals surface area contributed by atoms with Crippen molar-refractivity contribution in [3.63, 3.8) is 0 Å². The van der Waals surface area contributed by atoms with E-state index in [1.54, 1.807) is 5.56 Å². The molecule has 0 spiro atoms. The van der Waals surface area contributed by atoms with Crippen LogP contribution in [0.5, 0.6) is 0 Å². The smallest absolute Gasteiger partial charge is 0.0399 e. The van der Waals surface area contributed by atoms with Gasteiger partial charge in [-0.2, -0.15) is 0 Å². The zero-order chi connectivity index (χ0) is 13.9. The summed E-state index contributed by atoms with van der Waals surface area (Å²) in [5, 5.41) is 3.69. The van der Waals surface area contributed by atoms with Crippen molar-refractivity contribution in [2.24, 2.45) is 11.8 Å². The van der Waals surface area contributed by atoms with Gasteiger partial charge in [0.15, 0.2) is 0 Å². The molecule has 1 aromatic carbocycles. The lowest BCUT2D eigenvalue weighted by molar-refractivity contribution is 0.392. The average Bonchev–Trinajstić information content (AvgIpc) is 2.86. The third-order valence-electron chi connectivity index (χ3n) is 5.01. The van der Waals surface area contributed by atoms with Crippen LogP contribution < -0.4 is 10.2 Å². The highest BCUT2D eigenvalue weighted by Crippen LogP contribution is 2.33. The molecular formula is C18H28N2. The number of nitrogens with one attached hydrogen (secondary N) is 1. The number of para-hydroxylation sites is 1. The van der Waals surface area contributed by atoms with Gasteiger partial charge in [0.2, 0.25) is 0 Å².